The summed E-state index contributed by atoms with van der Waals surface area (Å²) in [5, 5.41) is 15.3. The number of benzene rings is 2. The number of carboxylic acid groups (broad SMARTS) is 1. The second-order valence-corrected chi connectivity index (χ2v) is 11.7. The highest BCUT2D eigenvalue weighted by molar-refractivity contribution is 6.30. The first kappa shape index (κ1) is 31.9. The fourth-order valence-electron chi connectivity index (χ4n) is 5.57. The van der Waals surface area contributed by atoms with Crippen LogP contribution in [-0.2, 0) is 9.59 Å². The lowest BCUT2D eigenvalue weighted by molar-refractivity contribution is -0.137. The van der Waals surface area contributed by atoms with Crippen molar-refractivity contribution in [2.75, 3.05) is 38.6 Å². The van der Waals surface area contributed by atoms with E-state index < -0.39 is 42.6 Å². The minimum Gasteiger partial charge on any atom is -0.481 e. The Morgan fingerprint density at radius 3 is 2.44 bits per heavy atom. The Labute approximate surface area is 256 Å². The lowest BCUT2D eigenvalue weighted by atomic mass is 9.90. The zero-order chi connectivity index (χ0) is 31.4. The maximum Gasteiger partial charge on any atom is 0.305 e. The summed E-state index contributed by atoms with van der Waals surface area (Å²) in [6.07, 6.45) is 0.441. The molecule has 0 radical (unpaired) electrons. The van der Waals surface area contributed by atoms with Gasteiger partial charge in [0.25, 0.3) is 5.91 Å². The van der Waals surface area contributed by atoms with Gasteiger partial charge in [-0.2, -0.15) is 0 Å². The number of halogens is 2. The standard InChI is InChI=1S/C32H37ClFN5O4/c1-18-12-22(33)13-19(2)30(18)21-11-20(3)31(34)24(14-21)26(15-29(41)42)37-28(40)16-35-32(43)25-7-6-8-27(36-25)39-10-9-23(17-39)38(4)5/h6-8,11-14,23,26H,9-10,15-17H2,1-5H3,(H,35,43)(H,37,40)(H,41,42). The van der Waals surface area contributed by atoms with Crippen LogP contribution in [0.4, 0.5) is 10.2 Å². The molecular weight excluding hydrogens is 573 g/mol. The van der Waals surface area contributed by atoms with Gasteiger partial charge in [0, 0.05) is 29.7 Å². The van der Waals surface area contributed by atoms with Crippen molar-refractivity contribution < 1.29 is 23.9 Å². The number of likely N-dealkylation sites (N-methyl/N-ethyl adjacent to an activating group) is 1. The number of carbonyl (C=O) groups excluding carboxylic acids is 2. The van der Waals surface area contributed by atoms with Gasteiger partial charge in [0.2, 0.25) is 5.91 Å². The number of aromatic nitrogens is 1. The van der Waals surface area contributed by atoms with Crippen molar-refractivity contribution in [2.24, 2.45) is 0 Å². The Kier molecular flexibility index (Phi) is 10.0. The highest BCUT2D eigenvalue weighted by Gasteiger charge is 2.26. The van der Waals surface area contributed by atoms with Crippen molar-refractivity contribution in [1.29, 1.82) is 0 Å². The molecule has 11 heteroatoms. The quantitative estimate of drug-likeness (QED) is 0.306. The van der Waals surface area contributed by atoms with Crippen molar-refractivity contribution in [3.63, 3.8) is 0 Å². The number of nitrogens with one attached hydrogen (secondary N) is 2. The van der Waals surface area contributed by atoms with Crippen LogP contribution < -0.4 is 15.5 Å². The molecule has 9 nitrogen and oxygen atoms in total. The van der Waals surface area contributed by atoms with E-state index in [-0.39, 0.29) is 11.3 Å². The maximum atomic E-state index is 15.4. The third kappa shape index (κ3) is 7.69. The number of pyridine rings is 1. The van der Waals surface area contributed by atoms with E-state index in [2.05, 4.69) is 25.4 Å². The monoisotopic (exact) mass is 609 g/mol. The van der Waals surface area contributed by atoms with E-state index in [1.165, 1.54) is 0 Å². The highest BCUT2D eigenvalue weighted by atomic mass is 35.5. The summed E-state index contributed by atoms with van der Waals surface area (Å²) in [6, 6.07) is 11.2. The Hall–Kier alpha value is -4.02. The van der Waals surface area contributed by atoms with Crippen molar-refractivity contribution in [3.05, 3.63) is 81.3 Å². The summed E-state index contributed by atoms with van der Waals surface area (Å²) < 4.78 is 15.4. The van der Waals surface area contributed by atoms with Gasteiger partial charge >= 0.3 is 5.97 Å². The van der Waals surface area contributed by atoms with E-state index in [0.29, 0.717) is 28.0 Å². The van der Waals surface area contributed by atoms with Crippen LogP contribution in [0.15, 0.2) is 42.5 Å². The molecule has 1 aliphatic heterocycles. The molecule has 3 aromatic rings. The van der Waals surface area contributed by atoms with Crippen LogP contribution >= 0.6 is 11.6 Å². The molecule has 43 heavy (non-hydrogen) atoms. The minimum atomic E-state index is -1.21. The Morgan fingerprint density at radius 2 is 1.81 bits per heavy atom. The predicted octanol–water partition coefficient (Wildman–Crippen LogP) is 4.67. The topological polar surface area (TPSA) is 115 Å². The average Bonchev–Trinajstić information content (AvgIpc) is 3.43. The molecule has 1 aromatic heterocycles. The molecule has 228 valence electrons. The molecule has 0 spiro atoms. The van der Waals surface area contributed by atoms with Crippen molar-refractivity contribution in [2.45, 2.75) is 45.7 Å². The molecule has 1 saturated heterocycles. The number of aryl methyl sites for hydroxylation is 3. The van der Waals surface area contributed by atoms with Gasteiger partial charge in [-0.05, 0) is 106 Å². The molecule has 1 fully saturated rings. The van der Waals surface area contributed by atoms with Gasteiger partial charge in [0.15, 0.2) is 0 Å². The molecule has 0 bridgehead atoms. The molecule has 2 heterocycles. The summed E-state index contributed by atoms with van der Waals surface area (Å²) in [5.74, 6) is -2.35. The predicted molar refractivity (Wildman–Crippen MR) is 165 cm³/mol. The third-order valence-corrected chi connectivity index (χ3v) is 7.97. The molecule has 2 aromatic carbocycles. The number of amides is 2. The molecule has 3 N–H and O–H groups in total. The Morgan fingerprint density at radius 1 is 1.12 bits per heavy atom. The van der Waals surface area contributed by atoms with E-state index in [0.717, 1.165) is 36.2 Å². The summed E-state index contributed by atoms with van der Waals surface area (Å²) in [4.78, 5) is 46.3. The number of anilines is 1. The van der Waals surface area contributed by atoms with E-state index in [1.54, 1.807) is 43.3 Å². The Balaban J connectivity index is 1.49. The lowest BCUT2D eigenvalue weighted by Gasteiger charge is -2.22. The van der Waals surface area contributed by atoms with Crippen LogP contribution in [0, 0.1) is 26.6 Å². The number of aliphatic carboxylic acids is 1. The lowest BCUT2D eigenvalue weighted by Crippen LogP contribution is -2.39. The first-order valence-electron chi connectivity index (χ1n) is 14.1. The van der Waals surface area contributed by atoms with Gasteiger partial charge in [-0.3, -0.25) is 14.4 Å². The molecule has 0 saturated carbocycles. The van der Waals surface area contributed by atoms with Crippen LogP contribution in [0.3, 0.4) is 0 Å². The first-order chi connectivity index (χ1) is 20.3. The molecule has 2 atom stereocenters. The summed E-state index contributed by atoms with van der Waals surface area (Å²) in [6.45, 7) is 6.55. The van der Waals surface area contributed by atoms with Crippen LogP contribution in [0.25, 0.3) is 11.1 Å². The van der Waals surface area contributed by atoms with Crippen LogP contribution in [0.1, 0.15) is 51.6 Å². The number of hydrogen-bond acceptors (Lipinski definition) is 6. The SMILES string of the molecule is Cc1cc(-c2c(C)cc(Cl)cc2C)cc(C(CC(=O)O)NC(=O)CNC(=O)c2cccc(N3CCC(N(C)C)C3)n2)c1F. The average molecular weight is 610 g/mol. The summed E-state index contributed by atoms with van der Waals surface area (Å²) in [7, 11) is 4.07. The van der Waals surface area contributed by atoms with Gasteiger partial charge in [-0.15, -0.1) is 0 Å². The molecule has 0 aliphatic carbocycles. The van der Waals surface area contributed by atoms with E-state index in [9.17, 15) is 19.5 Å². The van der Waals surface area contributed by atoms with Gasteiger partial charge in [-0.25, -0.2) is 9.37 Å². The van der Waals surface area contributed by atoms with Gasteiger partial charge in [-0.1, -0.05) is 17.7 Å². The second kappa shape index (κ2) is 13.5. The van der Waals surface area contributed by atoms with Crippen molar-refractivity contribution >= 4 is 35.2 Å². The number of carboxylic acids is 1. The number of rotatable bonds is 10. The largest absolute Gasteiger partial charge is 0.481 e. The summed E-state index contributed by atoms with van der Waals surface area (Å²) >= 11 is 6.20. The van der Waals surface area contributed by atoms with Gasteiger partial charge in [0.1, 0.15) is 17.3 Å². The number of hydrogen-bond donors (Lipinski definition) is 3. The highest BCUT2D eigenvalue weighted by Crippen LogP contribution is 2.34. The number of nitrogens with zero attached hydrogens (tertiary/aromatic N) is 3. The van der Waals surface area contributed by atoms with Gasteiger partial charge in [0.05, 0.1) is 19.0 Å². The van der Waals surface area contributed by atoms with Crippen molar-refractivity contribution in [3.8, 4) is 11.1 Å². The summed E-state index contributed by atoms with van der Waals surface area (Å²) in [5.41, 5.74) is 3.79. The smallest absolute Gasteiger partial charge is 0.305 e. The second-order valence-electron chi connectivity index (χ2n) is 11.2. The normalized spacial score (nSPS) is 15.4. The minimum absolute atomic E-state index is 0.0434. The van der Waals surface area contributed by atoms with Crippen LogP contribution in [0.2, 0.25) is 5.02 Å². The fraction of sp³-hybridized carbons (Fsp3) is 0.375. The first-order valence-corrected chi connectivity index (χ1v) is 14.5. The molecule has 2 unspecified atom stereocenters. The van der Waals surface area contributed by atoms with Gasteiger partial charge < -0.3 is 25.5 Å². The van der Waals surface area contributed by atoms with E-state index in [4.69, 9.17) is 11.6 Å². The zero-order valence-electron chi connectivity index (χ0n) is 25.0. The van der Waals surface area contributed by atoms with Crippen LogP contribution in [0.5, 0.6) is 0 Å². The Bertz CT molecular complexity index is 1520. The fourth-order valence-corrected chi connectivity index (χ4v) is 5.90. The maximum absolute atomic E-state index is 15.4. The molecule has 2 amide bonds. The molecular formula is C32H37ClFN5O4. The zero-order valence-corrected chi connectivity index (χ0v) is 25.8. The van der Waals surface area contributed by atoms with Crippen LogP contribution in [-0.4, -0.2) is 72.5 Å². The third-order valence-electron chi connectivity index (χ3n) is 7.75. The molecule has 4 rings (SSSR count). The van der Waals surface area contributed by atoms with E-state index in [1.807, 2.05) is 34.0 Å². The molecule has 1 aliphatic rings. The van der Waals surface area contributed by atoms with Crippen molar-refractivity contribution in [1.82, 2.24) is 20.5 Å². The van der Waals surface area contributed by atoms with E-state index >= 15 is 4.39 Å². The number of carbonyl (C=O) groups is 3.